The maximum Gasteiger partial charge on any atom is 0.129 e. The van der Waals surface area contributed by atoms with Crippen LogP contribution in [0, 0.1) is 11.6 Å². The summed E-state index contributed by atoms with van der Waals surface area (Å²) in [4.78, 5) is 0. The summed E-state index contributed by atoms with van der Waals surface area (Å²) in [5, 5.41) is 44.3. The van der Waals surface area contributed by atoms with Crippen molar-refractivity contribution in [1.82, 2.24) is 5.32 Å². The Labute approximate surface area is 177 Å². The van der Waals surface area contributed by atoms with Crippen molar-refractivity contribution in [3.05, 3.63) is 59.2 Å². The highest BCUT2D eigenvalue weighted by atomic mass is 19.1. The van der Waals surface area contributed by atoms with Crippen LogP contribution in [0.1, 0.15) is 36.2 Å². The second-order valence-electron chi connectivity index (χ2n) is 7.97. The van der Waals surface area contributed by atoms with Crippen LogP contribution in [-0.2, 0) is 0 Å². The predicted molar refractivity (Wildman–Crippen MR) is 106 cm³/mol. The van der Waals surface area contributed by atoms with Gasteiger partial charge in [0.25, 0.3) is 0 Å². The Morgan fingerprint density at radius 3 is 1.65 bits per heavy atom. The van der Waals surface area contributed by atoms with Crippen LogP contribution in [0.15, 0.2) is 36.4 Å². The lowest BCUT2D eigenvalue weighted by atomic mass is 9.95. The summed E-state index contributed by atoms with van der Waals surface area (Å²) in [6, 6.07) is 7.70. The van der Waals surface area contributed by atoms with Crippen molar-refractivity contribution in [3.8, 4) is 11.5 Å². The van der Waals surface area contributed by atoms with Gasteiger partial charge in [0.2, 0.25) is 0 Å². The number of fused-ring (bicyclic) bond motifs is 2. The number of rotatable bonds is 6. The van der Waals surface area contributed by atoms with Crippen molar-refractivity contribution < 1.29 is 38.7 Å². The lowest BCUT2D eigenvalue weighted by Gasteiger charge is -2.34. The average Bonchev–Trinajstić information content (AvgIpc) is 2.74. The van der Waals surface area contributed by atoms with Gasteiger partial charge in [0.1, 0.15) is 47.5 Å². The molecule has 0 amide bonds. The molecule has 31 heavy (non-hydrogen) atoms. The van der Waals surface area contributed by atoms with Gasteiger partial charge in [-0.25, -0.2) is 8.78 Å². The van der Waals surface area contributed by atoms with Crippen LogP contribution in [0.4, 0.5) is 8.78 Å². The molecular weight excluding hydrogens is 412 g/mol. The molecule has 3 unspecified atom stereocenters. The van der Waals surface area contributed by atoms with E-state index in [-0.39, 0.29) is 25.9 Å². The second-order valence-corrected chi connectivity index (χ2v) is 7.97. The van der Waals surface area contributed by atoms with Crippen LogP contribution >= 0.6 is 0 Å². The van der Waals surface area contributed by atoms with Gasteiger partial charge in [0, 0.05) is 37.1 Å². The number of benzene rings is 2. The third kappa shape index (κ3) is 4.81. The molecular formula is C22H25F2NO6. The van der Waals surface area contributed by atoms with Gasteiger partial charge in [-0.15, -0.1) is 0 Å². The molecule has 0 bridgehead atoms. The first-order valence-electron chi connectivity index (χ1n) is 10.2. The molecule has 2 aromatic rings. The van der Waals surface area contributed by atoms with Crippen molar-refractivity contribution in [3.63, 3.8) is 0 Å². The molecule has 2 aliphatic rings. The van der Waals surface area contributed by atoms with Crippen LogP contribution in [0.2, 0.25) is 0 Å². The Morgan fingerprint density at radius 2 is 1.23 bits per heavy atom. The van der Waals surface area contributed by atoms with E-state index in [9.17, 15) is 29.2 Å². The monoisotopic (exact) mass is 437 g/mol. The van der Waals surface area contributed by atoms with Gasteiger partial charge in [0.05, 0.1) is 12.2 Å². The lowest BCUT2D eigenvalue weighted by molar-refractivity contribution is -0.0247. The molecule has 6 atom stereocenters. The van der Waals surface area contributed by atoms with Crippen molar-refractivity contribution in [2.24, 2.45) is 0 Å². The van der Waals surface area contributed by atoms with E-state index in [4.69, 9.17) is 9.47 Å². The SMILES string of the molecule is OC1CC([C@@H](O)CNC[C@H](O)[C@H]2CC(O)c3cc(F)ccc3O2)Oc2ccc(F)cc21. The highest BCUT2D eigenvalue weighted by molar-refractivity contribution is 5.38. The average molecular weight is 437 g/mol. The van der Waals surface area contributed by atoms with E-state index >= 15 is 0 Å². The first-order chi connectivity index (χ1) is 14.8. The molecule has 0 spiro atoms. The van der Waals surface area contributed by atoms with E-state index in [0.29, 0.717) is 22.6 Å². The van der Waals surface area contributed by atoms with Gasteiger partial charge < -0.3 is 35.2 Å². The van der Waals surface area contributed by atoms with E-state index in [1.54, 1.807) is 0 Å². The molecule has 0 aromatic heterocycles. The van der Waals surface area contributed by atoms with Crippen LogP contribution in [0.3, 0.4) is 0 Å². The second kappa shape index (κ2) is 9.05. The quantitative estimate of drug-likeness (QED) is 0.464. The summed E-state index contributed by atoms with van der Waals surface area (Å²) in [7, 11) is 0. The number of hydrogen-bond donors (Lipinski definition) is 5. The number of aliphatic hydroxyl groups excluding tert-OH is 4. The fraction of sp³-hybridized carbons (Fsp3) is 0.455. The highest BCUT2D eigenvalue weighted by Crippen LogP contribution is 2.37. The molecule has 2 aromatic carbocycles. The molecule has 0 aliphatic carbocycles. The lowest BCUT2D eigenvalue weighted by Crippen LogP contribution is -2.47. The first kappa shape index (κ1) is 21.9. The Morgan fingerprint density at radius 1 is 0.806 bits per heavy atom. The number of nitrogens with one attached hydrogen (secondary N) is 1. The smallest absolute Gasteiger partial charge is 0.129 e. The normalized spacial score (nSPS) is 26.8. The summed E-state index contributed by atoms with van der Waals surface area (Å²) < 4.78 is 38.1. The van der Waals surface area contributed by atoms with Gasteiger partial charge in [-0.1, -0.05) is 0 Å². The molecule has 9 heteroatoms. The molecule has 7 nitrogen and oxygen atoms in total. The Kier molecular flexibility index (Phi) is 6.40. The predicted octanol–water partition coefficient (Wildman–Crippen LogP) is 1.35. The fourth-order valence-corrected chi connectivity index (χ4v) is 4.00. The van der Waals surface area contributed by atoms with Crippen molar-refractivity contribution in [2.45, 2.75) is 49.5 Å². The molecule has 0 fully saturated rings. The minimum absolute atomic E-state index is 0.0715. The molecule has 2 aliphatic heterocycles. The summed E-state index contributed by atoms with van der Waals surface area (Å²) >= 11 is 0. The zero-order valence-corrected chi connectivity index (χ0v) is 16.6. The van der Waals surface area contributed by atoms with Gasteiger partial charge in [-0.3, -0.25) is 0 Å². The maximum absolute atomic E-state index is 13.4. The zero-order valence-electron chi connectivity index (χ0n) is 16.6. The highest BCUT2D eigenvalue weighted by Gasteiger charge is 2.34. The summed E-state index contributed by atoms with van der Waals surface area (Å²) in [6.07, 6.45) is -5.07. The van der Waals surface area contributed by atoms with Crippen LogP contribution < -0.4 is 14.8 Å². The number of ether oxygens (including phenoxy) is 2. The Hall–Kier alpha value is -2.30. The van der Waals surface area contributed by atoms with Crippen molar-refractivity contribution in [1.29, 1.82) is 0 Å². The van der Waals surface area contributed by atoms with Gasteiger partial charge >= 0.3 is 0 Å². The minimum atomic E-state index is -0.985. The van der Waals surface area contributed by atoms with E-state index < -0.39 is 48.3 Å². The molecule has 5 N–H and O–H groups in total. The molecule has 0 saturated heterocycles. The minimum Gasteiger partial charge on any atom is -0.487 e. The van der Waals surface area contributed by atoms with Crippen LogP contribution in [0.5, 0.6) is 11.5 Å². The summed E-state index contributed by atoms with van der Waals surface area (Å²) in [6.45, 7) is 0.143. The van der Waals surface area contributed by atoms with Gasteiger partial charge in [0.15, 0.2) is 0 Å². The first-order valence-corrected chi connectivity index (χ1v) is 10.2. The number of aliphatic hydroxyl groups is 4. The van der Waals surface area contributed by atoms with Gasteiger partial charge in [-0.2, -0.15) is 0 Å². The number of halogens is 2. The van der Waals surface area contributed by atoms with Crippen molar-refractivity contribution in [2.75, 3.05) is 13.1 Å². The molecule has 2 heterocycles. The molecule has 0 saturated carbocycles. The van der Waals surface area contributed by atoms with E-state index in [1.165, 1.54) is 36.4 Å². The molecule has 168 valence electrons. The van der Waals surface area contributed by atoms with E-state index in [2.05, 4.69) is 5.32 Å². The topological polar surface area (TPSA) is 111 Å². The summed E-state index contributed by atoms with van der Waals surface area (Å²) in [5.74, 6) is -0.300. The van der Waals surface area contributed by atoms with Crippen molar-refractivity contribution >= 4 is 0 Å². The van der Waals surface area contributed by atoms with E-state index in [1.807, 2.05) is 0 Å². The van der Waals surface area contributed by atoms with Crippen LogP contribution in [0.25, 0.3) is 0 Å². The third-order valence-electron chi connectivity index (χ3n) is 5.69. The fourth-order valence-electron chi connectivity index (χ4n) is 4.00. The zero-order chi connectivity index (χ0) is 22.1. The standard InChI is InChI=1S/C22H25F2NO6/c23-11-1-3-19-13(5-11)15(26)7-21(30-19)17(28)9-25-10-18(29)22-8-16(27)14-6-12(24)2-4-20(14)31-22/h1-6,15-18,21-22,25-29H,7-10H2/t15?,16?,17-,18-,21+,22?/m0/s1. The number of hydrogen-bond acceptors (Lipinski definition) is 7. The Balaban J connectivity index is 1.28. The Bertz CT molecular complexity index is 855. The van der Waals surface area contributed by atoms with Crippen LogP contribution in [-0.4, -0.2) is 57.9 Å². The maximum atomic E-state index is 13.4. The molecule has 4 rings (SSSR count). The third-order valence-corrected chi connectivity index (χ3v) is 5.69. The largest absolute Gasteiger partial charge is 0.487 e. The van der Waals surface area contributed by atoms with E-state index in [0.717, 1.165) is 0 Å². The van der Waals surface area contributed by atoms with Gasteiger partial charge in [-0.05, 0) is 36.4 Å². The molecule has 0 radical (unpaired) electrons. The summed E-state index contributed by atoms with van der Waals surface area (Å²) in [5.41, 5.74) is 0.694.